The van der Waals surface area contributed by atoms with Gasteiger partial charge in [0.1, 0.15) is 0 Å². The number of aliphatic imine (C=N–C) groups is 1. The predicted octanol–water partition coefficient (Wildman–Crippen LogP) is 3.93. The molecule has 2 rings (SSSR count). The Kier molecular flexibility index (Phi) is 9.16. The molecule has 0 fully saturated rings. The van der Waals surface area contributed by atoms with Crippen molar-refractivity contribution >= 4 is 41.3 Å². The number of guanidine groups is 1. The standard InChI is InChI=1S/C17H24N4S.HI/c1-4-18-17(20-10-14(3)15-7-9-22-12-15)21-11-16-13(2)6-5-8-19-16;/h5-9,12,14H,4,10-11H2,1-3H3,(H2,18,20,21);1H. The molecule has 1 atom stereocenters. The van der Waals surface area contributed by atoms with E-state index in [9.17, 15) is 0 Å². The van der Waals surface area contributed by atoms with Crippen LogP contribution in [0, 0.1) is 6.92 Å². The number of nitrogens with one attached hydrogen (secondary N) is 2. The van der Waals surface area contributed by atoms with Gasteiger partial charge in [0.2, 0.25) is 0 Å². The first-order chi connectivity index (χ1) is 10.7. The van der Waals surface area contributed by atoms with E-state index in [4.69, 9.17) is 0 Å². The van der Waals surface area contributed by atoms with Crippen molar-refractivity contribution < 1.29 is 0 Å². The van der Waals surface area contributed by atoms with Gasteiger partial charge in [-0.2, -0.15) is 11.3 Å². The molecule has 2 heterocycles. The van der Waals surface area contributed by atoms with E-state index in [2.05, 4.69) is 64.3 Å². The largest absolute Gasteiger partial charge is 0.357 e. The van der Waals surface area contributed by atoms with Crippen LogP contribution in [-0.2, 0) is 6.54 Å². The minimum absolute atomic E-state index is 0. The summed E-state index contributed by atoms with van der Waals surface area (Å²) in [5.74, 6) is 1.31. The maximum Gasteiger partial charge on any atom is 0.191 e. The van der Waals surface area contributed by atoms with Crippen molar-refractivity contribution in [3.05, 3.63) is 52.0 Å². The minimum atomic E-state index is 0. The Morgan fingerprint density at radius 1 is 1.35 bits per heavy atom. The molecule has 0 aromatic carbocycles. The van der Waals surface area contributed by atoms with Crippen molar-refractivity contribution in [2.45, 2.75) is 33.2 Å². The average molecular weight is 444 g/mol. The second-order valence-corrected chi connectivity index (χ2v) is 6.08. The molecule has 4 nitrogen and oxygen atoms in total. The smallest absolute Gasteiger partial charge is 0.191 e. The number of thiophene rings is 1. The van der Waals surface area contributed by atoms with Crippen LogP contribution < -0.4 is 10.6 Å². The first-order valence-corrected chi connectivity index (χ1v) is 8.59. The molecule has 23 heavy (non-hydrogen) atoms. The summed E-state index contributed by atoms with van der Waals surface area (Å²) in [7, 11) is 0. The second-order valence-electron chi connectivity index (χ2n) is 5.30. The molecule has 0 aliphatic heterocycles. The van der Waals surface area contributed by atoms with Crippen LogP contribution in [0.3, 0.4) is 0 Å². The third-order valence-corrected chi connectivity index (χ3v) is 4.24. The molecular formula is C17H25IN4S. The summed E-state index contributed by atoms with van der Waals surface area (Å²) < 4.78 is 0. The van der Waals surface area contributed by atoms with Crippen LogP contribution in [0.25, 0.3) is 0 Å². The molecule has 0 radical (unpaired) electrons. The molecule has 0 saturated heterocycles. The number of pyridine rings is 1. The van der Waals surface area contributed by atoms with Crippen molar-refractivity contribution in [3.63, 3.8) is 0 Å². The van der Waals surface area contributed by atoms with Crippen LogP contribution in [0.2, 0.25) is 0 Å². The maximum absolute atomic E-state index is 4.63. The Labute approximate surface area is 159 Å². The fourth-order valence-corrected chi connectivity index (χ4v) is 2.88. The lowest BCUT2D eigenvalue weighted by molar-refractivity contribution is 0.701. The van der Waals surface area contributed by atoms with Crippen molar-refractivity contribution in [3.8, 4) is 0 Å². The van der Waals surface area contributed by atoms with E-state index in [1.807, 2.05) is 12.3 Å². The summed E-state index contributed by atoms with van der Waals surface area (Å²) in [6.45, 7) is 8.67. The highest BCUT2D eigenvalue weighted by molar-refractivity contribution is 14.0. The Morgan fingerprint density at radius 2 is 2.17 bits per heavy atom. The molecule has 0 saturated carbocycles. The van der Waals surface area contributed by atoms with E-state index in [0.29, 0.717) is 12.5 Å². The highest BCUT2D eigenvalue weighted by Gasteiger charge is 2.07. The van der Waals surface area contributed by atoms with E-state index < -0.39 is 0 Å². The lowest BCUT2D eigenvalue weighted by atomic mass is 10.1. The monoisotopic (exact) mass is 444 g/mol. The molecule has 0 amide bonds. The maximum atomic E-state index is 4.63. The van der Waals surface area contributed by atoms with Gasteiger partial charge < -0.3 is 10.6 Å². The van der Waals surface area contributed by atoms with Gasteiger partial charge in [0.05, 0.1) is 12.2 Å². The molecule has 2 aromatic heterocycles. The van der Waals surface area contributed by atoms with E-state index in [-0.39, 0.29) is 24.0 Å². The molecule has 0 aliphatic carbocycles. The predicted molar refractivity (Wildman–Crippen MR) is 110 cm³/mol. The van der Waals surface area contributed by atoms with Crippen LogP contribution in [-0.4, -0.2) is 24.0 Å². The zero-order valence-electron chi connectivity index (χ0n) is 13.9. The van der Waals surface area contributed by atoms with Crippen LogP contribution >= 0.6 is 35.3 Å². The van der Waals surface area contributed by atoms with Crippen LogP contribution in [0.1, 0.15) is 36.6 Å². The van der Waals surface area contributed by atoms with Crippen LogP contribution in [0.15, 0.2) is 40.1 Å². The Bertz CT molecular complexity index is 598. The quantitative estimate of drug-likeness (QED) is 0.403. The van der Waals surface area contributed by atoms with Crippen LogP contribution in [0.5, 0.6) is 0 Å². The summed E-state index contributed by atoms with van der Waals surface area (Å²) >= 11 is 1.74. The number of halogens is 1. The van der Waals surface area contributed by atoms with Gasteiger partial charge in [-0.25, -0.2) is 4.99 Å². The molecule has 1 unspecified atom stereocenters. The van der Waals surface area contributed by atoms with Gasteiger partial charge in [-0.1, -0.05) is 13.0 Å². The highest BCUT2D eigenvalue weighted by Crippen LogP contribution is 2.17. The Morgan fingerprint density at radius 3 is 2.83 bits per heavy atom. The zero-order chi connectivity index (χ0) is 15.8. The van der Waals surface area contributed by atoms with Gasteiger partial charge in [-0.3, -0.25) is 4.98 Å². The number of aromatic nitrogens is 1. The minimum Gasteiger partial charge on any atom is -0.357 e. The van der Waals surface area contributed by atoms with E-state index in [1.165, 1.54) is 11.1 Å². The molecule has 0 bridgehead atoms. The number of nitrogens with zero attached hydrogens (tertiary/aromatic N) is 2. The van der Waals surface area contributed by atoms with Gasteiger partial charge in [0.15, 0.2) is 5.96 Å². The van der Waals surface area contributed by atoms with Gasteiger partial charge >= 0.3 is 0 Å². The fourth-order valence-electron chi connectivity index (χ4n) is 2.10. The summed E-state index contributed by atoms with van der Waals surface area (Å²) in [5.41, 5.74) is 3.56. The molecule has 126 valence electrons. The van der Waals surface area contributed by atoms with E-state index in [1.54, 1.807) is 11.3 Å². The average Bonchev–Trinajstić information content (AvgIpc) is 3.05. The van der Waals surface area contributed by atoms with Gasteiger partial charge in [-0.15, -0.1) is 24.0 Å². The third kappa shape index (κ3) is 6.47. The topological polar surface area (TPSA) is 49.3 Å². The van der Waals surface area contributed by atoms with E-state index >= 15 is 0 Å². The number of rotatable bonds is 6. The van der Waals surface area contributed by atoms with Crippen molar-refractivity contribution in [1.82, 2.24) is 15.6 Å². The lowest BCUT2D eigenvalue weighted by Crippen LogP contribution is -2.39. The SMILES string of the molecule is CCNC(=NCc1ncccc1C)NCC(C)c1ccsc1.I. The summed E-state index contributed by atoms with van der Waals surface area (Å²) in [6, 6.07) is 6.20. The lowest BCUT2D eigenvalue weighted by Gasteiger charge is -2.15. The van der Waals surface area contributed by atoms with Crippen molar-refractivity contribution in [2.24, 2.45) is 4.99 Å². The van der Waals surface area contributed by atoms with Gasteiger partial charge in [-0.05, 0) is 53.8 Å². The molecule has 2 aromatic rings. The normalized spacial score (nSPS) is 12.4. The third-order valence-electron chi connectivity index (χ3n) is 3.54. The highest BCUT2D eigenvalue weighted by atomic mass is 127. The van der Waals surface area contributed by atoms with Gasteiger partial charge in [0.25, 0.3) is 0 Å². The van der Waals surface area contributed by atoms with Gasteiger partial charge in [0, 0.05) is 19.3 Å². The Hall–Kier alpha value is -1.15. The number of hydrogen-bond acceptors (Lipinski definition) is 3. The first kappa shape index (κ1) is 19.9. The fraction of sp³-hybridized carbons (Fsp3) is 0.412. The van der Waals surface area contributed by atoms with Crippen molar-refractivity contribution in [2.75, 3.05) is 13.1 Å². The summed E-state index contributed by atoms with van der Waals surface area (Å²) in [4.78, 5) is 9.02. The van der Waals surface area contributed by atoms with E-state index in [0.717, 1.165) is 24.7 Å². The second kappa shape index (κ2) is 10.6. The number of hydrogen-bond donors (Lipinski definition) is 2. The molecular weight excluding hydrogens is 419 g/mol. The molecule has 0 spiro atoms. The number of aryl methyl sites for hydroxylation is 1. The summed E-state index contributed by atoms with van der Waals surface area (Å²) in [5, 5.41) is 11.0. The molecule has 0 aliphatic rings. The van der Waals surface area contributed by atoms with Crippen LogP contribution in [0.4, 0.5) is 0 Å². The molecule has 2 N–H and O–H groups in total. The Balaban J connectivity index is 0.00000264. The summed E-state index contributed by atoms with van der Waals surface area (Å²) in [6.07, 6.45) is 1.82. The first-order valence-electron chi connectivity index (χ1n) is 7.65. The van der Waals surface area contributed by atoms with Crippen molar-refractivity contribution in [1.29, 1.82) is 0 Å². The molecule has 6 heteroatoms. The zero-order valence-corrected chi connectivity index (χ0v) is 17.0.